The highest BCUT2D eigenvalue weighted by Gasteiger charge is 2.42. The van der Waals surface area contributed by atoms with Crippen molar-refractivity contribution in [1.82, 2.24) is 15.3 Å². The van der Waals surface area contributed by atoms with Gasteiger partial charge >= 0.3 is 0 Å². The van der Waals surface area contributed by atoms with Crippen molar-refractivity contribution in [1.29, 1.82) is 0 Å². The Labute approximate surface area is 118 Å². The molecule has 0 spiro atoms. The third-order valence-corrected chi connectivity index (χ3v) is 4.65. The standard InChI is InChI=1S/C13H20N4OS/c1-3-6-15-11-8-14-7-10(17-11)12(18)16-9-13(19-2)4-5-13/h7-8H,3-6,9H2,1-2H3,(H,15,17)(H,16,18). The fourth-order valence-corrected chi connectivity index (χ4v) is 2.46. The number of anilines is 1. The molecule has 1 aliphatic rings. The second kappa shape index (κ2) is 6.23. The van der Waals surface area contributed by atoms with Crippen molar-refractivity contribution in [2.75, 3.05) is 24.7 Å². The molecule has 1 heterocycles. The summed E-state index contributed by atoms with van der Waals surface area (Å²) in [6.45, 7) is 3.62. The summed E-state index contributed by atoms with van der Waals surface area (Å²) in [6.07, 6.45) is 8.60. The monoisotopic (exact) mass is 280 g/mol. The molecule has 19 heavy (non-hydrogen) atoms. The minimum Gasteiger partial charge on any atom is -0.369 e. The van der Waals surface area contributed by atoms with E-state index in [2.05, 4.69) is 33.8 Å². The lowest BCUT2D eigenvalue weighted by molar-refractivity contribution is 0.0947. The van der Waals surface area contributed by atoms with Crippen LogP contribution in [0.15, 0.2) is 12.4 Å². The molecule has 0 aromatic carbocycles. The number of aromatic nitrogens is 2. The van der Waals surface area contributed by atoms with Gasteiger partial charge in [-0.25, -0.2) is 4.98 Å². The summed E-state index contributed by atoms with van der Waals surface area (Å²) in [5, 5.41) is 6.07. The van der Waals surface area contributed by atoms with E-state index in [-0.39, 0.29) is 10.7 Å². The summed E-state index contributed by atoms with van der Waals surface area (Å²) < 4.78 is 0.265. The van der Waals surface area contributed by atoms with Gasteiger partial charge in [-0.3, -0.25) is 9.78 Å². The van der Waals surface area contributed by atoms with Gasteiger partial charge in [0.15, 0.2) is 0 Å². The highest BCUT2D eigenvalue weighted by atomic mass is 32.2. The van der Waals surface area contributed by atoms with Crippen LogP contribution in [0.1, 0.15) is 36.7 Å². The summed E-state index contributed by atoms with van der Waals surface area (Å²) in [7, 11) is 0. The molecular weight excluding hydrogens is 260 g/mol. The number of carbonyl (C=O) groups excluding carboxylic acids is 1. The minimum absolute atomic E-state index is 0.145. The van der Waals surface area contributed by atoms with Gasteiger partial charge in [0.2, 0.25) is 0 Å². The number of rotatable bonds is 7. The van der Waals surface area contributed by atoms with E-state index in [0.29, 0.717) is 18.1 Å². The van der Waals surface area contributed by atoms with Crippen LogP contribution in [0.25, 0.3) is 0 Å². The second-order valence-electron chi connectivity index (χ2n) is 4.79. The number of hydrogen-bond donors (Lipinski definition) is 2. The van der Waals surface area contributed by atoms with E-state index in [9.17, 15) is 4.79 Å². The van der Waals surface area contributed by atoms with E-state index in [1.807, 2.05) is 11.8 Å². The molecule has 104 valence electrons. The normalized spacial score (nSPS) is 15.9. The van der Waals surface area contributed by atoms with Gasteiger partial charge < -0.3 is 10.6 Å². The molecule has 0 bridgehead atoms. The van der Waals surface area contributed by atoms with Crippen LogP contribution in [0, 0.1) is 0 Å². The average Bonchev–Trinajstić information content (AvgIpc) is 3.23. The predicted molar refractivity (Wildman–Crippen MR) is 78.6 cm³/mol. The zero-order valence-corrected chi connectivity index (χ0v) is 12.2. The van der Waals surface area contributed by atoms with Crippen LogP contribution in [-0.2, 0) is 0 Å². The SMILES string of the molecule is CCCNc1cncc(C(=O)NCC2(SC)CC2)n1. The van der Waals surface area contributed by atoms with E-state index in [0.717, 1.165) is 13.0 Å². The molecule has 1 fully saturated rings. The van der Waals surface area contributed by atoms with E-state index in [4.69, 9.17) is 0 Å². The number of amides is 1. The fraction of sp³-hybridized carbons (Fsp3) is 0.615. The lowest BCUT2D eigenvalue weighted by Gasteiger charge is -2.12. The summed E-state index contributed by atoms with van der Waals surface area (Å²) in [5.74, 6) is 0.508. The first-order valence-electron chi connectivity index (χ1n) is 6.58. The van der Waals surface area contributed by atoms with Gasteiger partial charge in [-0.15, -0.1) is 0 Å². The van der Waals surface area contributed by atoms with Crippen LogP contribution in [0.3, 0.4) is 0 Å². The lowest BCUT2D eigenvalue weighted by Crippen LogP contribution is -2.32. The van der Waals surface area contributed by atoms with E-state index < -0.39 is 0 Å². The molecule has 5 nitrogen and oxygen atoms in total. The van der Waals surface area contributed by atoms with Crippen LogP contribution in [0.5, 0.6) is 0 Å². The number of thioether (sulfide) groups is 1. The van der Waals surface area contributed by atoms with Gasteiger partial charge in [-0.2, -0.15) is 11.8 Å². The number of carbonyl (C=O) groups is 1. The maximum absolute atomic E-state index is 12.0. The van der Waals surface area contributed by atoms with E-state index >= 15 is 0 Å². The molecule has 1 aromatic rings. The van der Waals surface area contributed by atoms with Gasteiger partial charge in [0.1, 0.15) is 11.5 Å². The first-order valence-corrected chi connectivity index (χ1v) is 7.81. The molecule has 0 atom stereocenters. The zero-order chi connectivity index (χ0) is 13.7. The maximum Gasteiger partial charge on any atom is 0.271 e. The topological polar surface area (TPSA) is 66.9 Å². The summed E-state index contributed by atoms with van der Waals surface area (Å²) >= 11 is 1.83. The van der Waals surface area contributed by atoms with Gasteiger partial charge in [0.05, 0.1) is 12.4 Å². The first-order chi connectivity index (χ1) is 9.19. The van der Waals surface area contributed by atoms with E-state index in [1.54, 1.807) is 6.20 Å². The van der Waals surface area contributed by atoms with Crippen molar-refractivity contribution >= 4 is 23.5 Å². The molecule has 0 radical (unpaired) electrons. The summed E-state index contributed by atoms with van der Waals surface area (Å²) in [5.41, 5.74) is 0.373. The highest BCUT2D eigenvalue weighted by molar-refractivity contribution is 8.00. The fourth-order valence-electron chi connectivity index (χ4n) is 1.74. The molecule has 2 N–H and O–H groups in total. The Kier molecular flexibility index (Phi) is 4.63. The smallest absolute Gasteiger partial charge is 0.271 e. The van der Waals surface area contributed by atoms with Gasteiger partial charge in [-0.1, -0.05) is 6.92 Å². The summed E-state index contributed by atoms with van der Waals surface area (Å²) in [6, 6.07) is 0. The number of nitrogens with one attached hydrogen (secondary N) is 2. The molecule has 1 amide bonds. The van der Waals surface area contributed by atoms with Crippen LogP contribution >= 0.6 is 11.8 Å². The van der Waals surface area contributed by atoms with Crippen LogP contribution < -0.4 is 10.6 Å². The average molecular weight is 280 g/mol. The van der Waals surface area contributed by atoms with Crippen molar-refractivity contribution in [3.05, 3.63) is 18.1 Å². The Bertz CT molecular complexity index is 448. The van der Waals surface area contributed by atoms with Crippen molar-refractivity contribution in [2.24, 2.45) is 0 Å². The zero-order valence-electron chi connectivity index (χ0n) is 11.4. The molecule has 0 aliphatic heterocycles. The Morgan fingerprint density at radius 2 is 2.26 bits per heavy atom. The van der Waals surface area contributed by atoms with E-state index in [1.165, 1.54) is 19.0 Å². The van der Waals surface area contributed by atoms with Crippen LogP contribution in [0.2, 0.25) is 0 Å². The van der Waals surface area contributed by atoms with Gasteiger partial charge in [0.25, 0.3) is 5.91 Å². The highest BCUT2D eigenvalue weighted by Crippen LogP contribution is 2.46. The minimum atomic E-state index is -0.145. The molecule has 1 aromatic heterocycles. The Morgan fingerprint density at radius 1 is 1.47 bits per heavy atom. The van der Waals surface area contributed by atoms with Crippen molar-refractivity contribution < 1.29 is 4.79 Å². The third kappa shape index (κ3) is 3.83. The molecule has 6 heteroatoms. The Morgan fingerprint density at radius 3 is 2.89 bits per heavy atom. The molecule has 1 aliphatic carbocycles. The molecule has 0 unspecified atom stereocenters. The lowest BCUT2D eigenvalue weighted by atomic mass is 10.3. The predicted octanol–water partition coefficient (Wildman–Crippen LogP) is 1.92. The summed E-state index contributed by atoms with van der Waals surface area (Å²) in [4.78, 5) is 20.3. The Balaban J connectivity index is 1.91. The first kappa shape index (κ1) is 14.1. The quantitative estimate of drug-likeness (QED) is 0.799. The molecule has 1 saturated carbocycles. The van der Waals surface area contributed by atoms with Gasteiger partial charge in [0, 0.05) is 17.8 Å². The van der Waals surface area contributed by atoms with Crippen molar-refractivity contribution in [3.8, 4) is 0 Å². The third-order valence-electron chi connectivity index (χ3n) is 3.24. The van der Waals surface area contributed by atoms with Gasteiger partial charge in [-0.05, 0) is 25.5 Å². The number of nitrogens with zero attached hydrogens (tertiary/aromatic N) is 2. The maximum atomic E-state index is 12.0. The van der Waals surface area contributed by atoms with Crippen molar-refractivity contribution in [2.45, 2.75) is 30.9 Å². The number of hydrogen-bond acceptors (Lipinski definition) is 5. The Hall–Kier alpha value is -1.30. The van der Waals surface area contributed by atoms with Crippen LogP contribution in [0.4, 0.5) is 5.82 Å². The second-order valence-corrected chi connectivity index (χ2v) is 6.06. The van der Waals surface area contributed by atoms with Crippen LogP contribution in [-0.4, -0.2) is 40.0 Å². The molecular formula is C13H20N4OS. The molecule has 2 rings (SSSR count). The van der Waals surface area contributed by atoms with Crippen molar-refractivity contribution in [3.63, 3.8) is 0 Å². The largest absolute Gasteiger partial charge is 0.369 e. The molecule has 0 saturated heterocycles.